The molecule has 0 aromatic rings. The van der Waals surface area contributed by atoms with Gasteiger partial charge in [-0.2, -0.15) is 4.31 Å². The molecule has 2 bridgehead atoms. The van der Waals surface area contributed by atoms with Gasteiger partial charge in [0.05, 0.1) is 5.75 Å². The molecule has 0 unspecified atom stereocenters. The molecule has 4 fully saturated rings. The van der Waals surface area contributed by atoms with Crippen LogP contribution in [0.2, 0.25) is 18.1 Å². The maximum absolute atomic E-state index is 14.5. The van der Waals surface area contributed by atoms with Gasteiger partial charge in [-0.3, -0.25) is 0 Å². The maximum Gasteiger partial charge on any atom is 0.311 e. The lowest BCUT2D eigenvalue weighted by Gasteiger charge is -2.46. The maximum atomic E-state index is 14.5. The number of aliphatic hydroxyl groups excluding tert-OH is 1. The van der Waals surface area contributed by atoms with E-state index in [0.29, 0.717) is 5.92 Å². The Morgan fingerprint density at radius 1 is 0.974 bits per heavy atom. The molecule has 0 aromatic carbocycles. The van der Waals surface area contributed by atoms with Gasteiger partial charge in [0.2, 0.25) is 18.3 Å². The summed E-state index contributed by atoms with van der Waals surface area (Å²) in [6.45, 7) is 15.2. The largest absolute Gasteiger partial charge is 0.544 e. The Morgan fingerprint density at radius 2 is 1.50 bits per heavy atom. The molecule has 0 aliphatic heterocycles. The minimum atomic E-state index is -3.52. The molecule has 4 aliphatic carbocycles. The van der Waals surface area contributed by atoms with Crippen LogP contribution in [0.4, 0.5) is 0 Å². The Kier molecular flexibility index (Phi) is 8.69. The van der Waals surface area contributed by atoms with Crippen molar-refractivity contribution in [2.75, 3.05) is 5.75 Å². The third kappa shape index (κ3) is 5.70. The third-order valence-corrected chi connectivity index (χ3v) is 17.9. The van der Waals surface area contributed by atoms with Crippen molar-refractivity contribution in [1.29, 1.82) is 0 Å². The van der Waals surface area contributed by atoms with Gasteiger partial charge >= 0.3 is 5.95 Å². The van der Waals surface area contributed by atoms with Gasteiger partial charge in [0.1, 0.15) is 12.4 Å². The zero-order valence-electron chi connectivity index (χ0n) is 25.2. The van der Waals surface area contributed by atoms with Crippen molar-refractivity contribution in [3.63, 3.8) is 0 Å². The molecule has 0 radical (unpaired) electrons. The summed E-state index contributed by atoms with van der Waals surface area (Å²) >= 11 is 0. The topological polar surface area (TPSA) is 76.1 Å². The van der Waals surface area contributed by atoms with E-state index in [0.717, 1.165) is 70.6 Å². The Bertz CT molecular complexity index is 942. The minimum Gasteiger partial charge on any atom is -0.544 e. The van der Waals surface area contributed by atoms with Crippen molar-refractivity contribution in [3.8, 4) is 0 Å². The van der Waals surface area contributed by atoms with Crippen molar-refractivity contribution in [2.45, 2.75) is 154 Å². The van der Waals surface area contributed by atoms with E-state index in [-0.39, 0.29) is 40.3 Å². The van der Waals surface area contributed by atoms with Crippen LogP contribution >= 0.6 is 0 Å². The fraction of sp³-hybridized carbons (Fsp3) is 0.933. The van der Waals surface area contributed by atoms with Gasteiger partial charge in [-0.15, -0.1) is 0 Å². The highest BCUT2D eigenvalue weighted by molar-refractivity contribution is 7.89. The molecule has 0 heterocycles. The second kappa shape index (κ2) is 10.9. The summed E-state index contributed by atoms with van der Waals surface area (Å²) in [5.41, 5.74) is -0.688. The molecule has 0 aromatic heterocycles. The number of aliphatic hydroxyl groups is 1. The Balaban J connectivity index is 1.59. The molecule has 0 saturated heterocycles. The SMILES string of the molecule is CC1(C)[C@@H]2CC[C@@]1(CS(=O)(=O)N(C1CCCCC1)C1CCCCC1)[C@H](O/C(O)=C/O[Si](C)(C)C(C)(C)C)C2. The summed E-state index contributed by atoms with van der Waals surface area (Å²) in [7, 11) is -5.61. The van der Waals surface area contributed by atoms with Crippen molar-refractivity contribution in [3.05, 3.63) is 12.2 Å². The number of hydrogen-bond donors (Lipinski definition) is 1. The van der Waals surface area contributed by atoms with Gasteiger partial charge in [-0.25, -0.2) is 8.42 Å². The van der Waals surface area contributed by atoms with Gasteiger partial charge in [0.15, 0.2) is 0 Å². The van der Waals surface area contributed by atoms with Crippen LogP contribution in [0.1, 0.15) is 118 Å². The van der Waals surface area contributed by atoms with Crippen molar-refractivity contribution < 1.29 is 22.7 Å². The van der Waals surface area contributed by atoms with Crippen LogP contribution in [0.3, 0.4) is 0 Å². The smallest absolute Gasteiger partial charge is 0.311 e. The zero-order chi connectivity index (χ0) is 28.0. The highest BCUT2D eigenvalue weighted by Gasteiger charge is 2.67. The molecule has 0 spiro atoms. The lowest BCUT2D eigenvalue weighted by atomic mass is 9.69. The second-order valence-electron chi connectivity index (χ2n) is 15.0. The first kappa shape index (κ1) is 30.2. The van der Waals surface area contributed by atoms with Gasteiger partial charge < -0.3 is 14.3 Å². The van der Waals surface area contributed by atoms with E-state index >= 15 is 0 Å². The summed E-state index contributed by atoms with van der Waals surface area (Å²) in [5.74, 6) is 0.309. The Hall–Kier alpha value is -0.733. The van der Waals surface area contributed by atoms with E-state index in [1.807, 2.05) is 4.31 Å². The number of fused-ring (bicyclic) bond motifs is 2. The van der Waals surface area contributed by atoms with Crippen LogP contribution < -0.4 is 0 Å². The predicted molar refractivity (Wildman–Crippen MR) is 157 cm³/mol. The van der Waals surface area contributed by atoms with Gasteiger partial charge in [0.25, 0.3) is 0 Å². The lowest BCUT2D eigenvalue weighted by molar-refractivity contribution is -0.0535. The average molecular weight is 570 g/mol. The molecular weight excluding hydrogens is 514 g/mol. The molecular formula is C30H55NO5SSi. The van der Waals surface area contributed by atoms with E-state index in [9.17, 15) is 13.5 Å². The molecule has 38 heavy (non-hydrogen) atoms. The Morgan fingerprint density at radius 3 is 1.97 bits per heavy atom. The lowest BCUT2D eigenvalue weighted by Crippen LogP contribution is -2.54. The molecule has 220 valence electrons. The van der Waals surface area contributed by atoms with E-state index in [1.165, 1.54) is 19.1 Å². The summed E-state index contributed by atoms with van der Waals surface area (Å²) in [5, 5.41) is 10.9. The van der Waals surface area contributed by atoms with Crippen LogP contribution in [0, 0.1) is 16.7 Å². The predicted octanol–water partition coefficient (Wildman–Crippen LogP) is 7.87. The first-order valence-corrected chi connectivity index (χ1v) is 19.9. The number of nitrogens with zero attached hydrogens (tertiary/aromatic N) is 1. The highest BCUT2D eigenvalue weighted by Crippen LogP contribution is 2.67. The average Bonchev–Trinajstić information content (AvgIpc) is 3.18. The molecule has 4 rings (SSSR count). The minimum absolute atomic E-state index is 0.00912. The first-order chi connectivity index (χ1) is 17.6. The van der Waals surface area contributed by atoms with E-state index in [2.05, 4.69) is 47.7 Å². The fourth-order valence-corrected chi connectivity index (χ4v) is 11.5. The van der Waals surface area contributed by atoms with E-state index in [4.69, 9.17) is 9.16 Å². The molecule has 8 heteroatoms. The third-order valence-electron chi connectivity index (χ3n) is 11.5. The number of sulfonamides is 1. The number of ether oxygens (including phenoxy) is 1. The van der Waals surface area contributed by atoms with Crippen LogP contribution in [-0.2, 0) is 19.2 Å². The van der Waals surface area contributed by atoms with Gasteiger partial charge in [-0.05, 0) is 74.4 Å². The van der Waals surface area contributed by atoms with Crippen molar-refractivity contribution >= 4 is 18.3 Å². The highest BCUT2D eigenvalue weighted by atomic mass is 32.2. The van der Waals surface area contributed by atoms with Crippen LogP contribution in [0.15, 0.2) is 12.2 Å². The molecule has 4 aliphatic rings. The standard InChI is InChI=1S/C30H55NO5SSi/c1-28(2,3)38(6,7)35-21-27(32)36-26-20-23-18-19-30(26,29(23,4)5)22-37(33,34)31(24-14-10-8-11-15-24)25-16-12-9-13-17-25/h21,23-26,32H,8-20,22H2,1-7H3/b27-21+/t23-,26-,30-/m1/s1. The van der Waals surface area contributed by atoms with Gasteiger partial charge in [0, 0.05) is 17.5 Å². The van der Waals surface area contributed by atoms with Gasteiger partial charge in [-0.1, -0.05) is 73.1 Å². The molecule has 1 N–H and O–H groups in total. The molecule has 0 amide bonds. The molecule has 3 atom stereocenters. The van der Waals surface area contributed by atoms with E-state index in [1.54, 1.807) is 0 Å². The second-order valence-corrected chi connectivity index (χ2v) is 21.6. The van der Waals surface area contributed by atoms with Crippen molar-refractivity contribution in [1.82, 2.24) is 4.31 Å². The summed E-state index contributed by atoms with van der Waals surface area (Å²) in [6.07, 6.45) is 14.6. The van der Waals surface area contributed by atoms with Crippen molar-refractivity contribution in [2.24, 2.45) is 16.7 Å². The normalized spacial score (nSPS) is 31.6. The quantitative estimate of drug-likeness (QED) is 0.226. The van der Waals surface area contributed by atoms with Crippen LogP contribution in [0.25, 0.3) is 0 Å². The Labute approximate surface area is 234 Å². The van der Waals surface area contributed by atoms with E-state index < -0.39 is 23.8 Å². The molecule has 4 saturated carbocycles. The number of hydrogen-bond acceptors (Lipinski definition) is 5. The summed E-state index contributed by atoms with van der Waals surface area (Å²) in [4.78, 5) is 0. The molecule has 6 nitrogen and oxygen atoms in total. The number of rotatable bonds is 9. The zero-order valence-corrected chi connectivity index (χ0v) is 27.0. The summed E-state index contributed by atoms with van der Waals surface area (Å²) < 4.78 is 43.4. The van der Waals surface area contributed by atoms with Crippen LogP contribution in [-0.4, -0.2) is 50.1 Å². The summed E-state index contributed by atoms with van der Waals surface area (Å²) in [6, 6.07) is 0.279. The van der Waals surface area contributed by atoms with Crippen LogP contribution in [0.5, 0.6) is 0 Å². The monoisotopic (exact) mass is 569 g/mol. The fourth-order valence-electron chi connectivity index (χ4n) is 7.88. The first-order valence-electron chi connectivity index (χ1n) is 15.4.